The third-order valence-electron chi connectivity index (χ3n) is 3.94. The van der Waals surface area contributed by atoms with Crippen molar-refractivity contribution < 1.29 is 23.8 Å². The minimum Gasteiger partial charge on any atom is -0.495 e. The summed E-state index contributed by atoms with van der Waals surface area (Å²) in [5.74, 6) is 1.92. The molecular weight excluding hydrogens is 346 g/mol. The first kappa shape index (κ1) is 18.5. The normalized spacial score (nSPS) is 10.5. The maximum atomic E-state index is 12.3. The fourth-order valence-corrected chi connectivity index (χ4v) is 2.62. The van der Waals surface area contributed by atoms with Crippen molar-refractivity contribution in [2.75, 3.05) is 19.0 Å². The summed E-state index contributed by atoms with van der Waals surface area (Å²) in [5.41, 5.74) is 2.32. The van der Waals surface area contributed by atoms with Gasteiger partial charge in [-0.2, -0.15) is 0 Å². The van der Waals surface area contributed by atoms with Crippen LogP contribution in [0.1, 0.15) is 11.3 Å². The molecule has 0 saturated carbocycles. The Labute approximate surface area is 157 Å². The highest BCUT2D eigenvalue weighted by molar-refractivity contribution is 5.94. The van der Waals surface area contributed by atoms with E-state index in [4.69, 9.17) is 19.0 Å². The second-order valence-corrected chi connectivity index (χ2v) is 5.99. The predicted molar refractivity (Wildman–Crippen MR) is 102 cm³/mol. The molecule has 3 rings (SSSR count). The summed E-state index contributed by atoms with van der Waals surface area (Å²) < 4.78 is 16.4. The number of amides is 1. The Kier molecular flexibility index (Phi) is 5.78. The summed E-state index contributed by atoms with van der Waals surface area (Å²) in [5, 5.41) is 11.9. The van der Waals surface area contributed by atoms with Crippen molar-refractivity contribution in [2.45, 2.75) is 13.5 Å². The molecule has 2 N–H and O–H groups in total. The van der Waals surface area contributed by atoms with Gasteiger partial charge in [0.25, 0.3) is 5.91 Å². The van der Waals surface area contributed by atoms with Gasteiger partial charge in [0.2, 0.25) is 0 Å². The van der Waals surface area contributed by atoms with Crippen LogP contribution in [0.2, 0.25) is 0 Å². The van der Waals surface area contributed by atoms with Crippen LogP contribution in [0.3, 0.4) is 0 Å². The SMILES string of the molecule is COc1ccc(-c2ccc(CO)o2)cc1NC(=O)COc1cccc(C)c1. The van der Waals surface area contributed by atoms with Crippen LogP contribution in [0.4, 0.5) is 5.69 Å². The van der Waals surface area contributed by atoms with Crippen molar-refractivity contribution >= 4 is 11.6 Å². The Hall–Kier alpha value is -3.25. The Morgan fingerprint density at radius 1 is 1.15 bits per heavy atom. The fraction of sp³-hybridized carbons (Fsp3) is 0.190. The van der Waals surface area contributed by atoms with Crippen LogP contribution in [-0.4, -0.2) is 24.7 Å². The van der Waals surface area contributed by atoms with Gasteiger partial charge in [-0.3, -0.25) is 4.79 Å². The van der Waals surface area contributed by atoms with Gasteiger partial charge >= 0.3 is 0 Å². The first-order valence-electron chi connectivity index (χ1n) is 8.46. The van der Waals surface area contributed by atoms with E-state index in [1.807, 2.05) is 31.2 Å². The van der Waals surface area contributed by atoms with E-state index < -0.39 is 0 Å². The summed E-state index contributed by atoms with van der Waals surface area (Å²) in [6.45, 7) is 1.67. The summed E-state index contributed by atoms with van der Waals surface area (Å²) in [7, 11) is 1.53. The molecule has 0 aliphatic carbocycles. The lowest BCUT2D eigenvalue weighted by Gasteiger charge is -2.12. The van der Waals surface area contributed by atoms with E-state index in [0.29, 0.717) is 28.7 Å². The molecule has 0 saturated heterocycles. The lowest BCUT2D eigenvalue weighted by Crippen LogP contribution is -2.20. The van der Waals surface area contributed by atoms with Crippen LogP contribution in [-0.2, 0) is 11.4 Å². The number of carbonyl (C=O) groups excluding carboxylic acids is 1. The van der Waals surface area contributed by atoms with Gasteiger partial charge in [0, 0.05) is 5.56 Å². The van der Waals surface area contributed by atoms with Crippen molar-refractivity contribution in [3.05, 3.63) is 65.9 Å². The number of nitrogens with one attached hydrogen (secondary N) is 1. The third-order valence-corrected chi connectivity index (χ3v) is 3.94. The van der Waals surface area contributed by atoms with Crippen LogP contribution < -0.4 is 14.8 Å². The van der Waals surface area contributed by atoms with Gasteiger partial charge in [-0.15, -0.1) is 0 Å². The molecule has 0 spiro atoms. The van der Waals surface area contributed by atoms with Crippen LogP contribution >= 0.6 is 0 Å². The number of hydrogen-bond acceptors (Lipinski definition) is 5. The number of rotatable bonds is 7. The average Bonchev–Trinajstić information content (AvgIpc) is 3.16. The number of aliphatic hydroxyl groups is 1. The molecule has 0 unspecified atom stereocenters. The number of hydrogen-bond donors (Lipinski definition) is 2. The number of furan rings is 1. The minimum atomic E-state index is -0.303. The molecule has 3 aromatic rings. The Morgan fingerprint density at radius 3 is 2.70 bits per heavy atom. The number of anilines is 1. The molecular formula is C21H21NO5. The van der Waals surface area contributed by atoms with Gasteiger partial charge in [-0.25, -0.2) is 0 Å². The zero-order valence-electron chi connectivity index (χ0n) is 15.2. The molecule has 0 fully saturated rings. The van der Waals surface area contributed by atoms with Crippen LogP contribution in [0, 0.1) is 6.92 Å². The highest BCUT2D eigenvalue weighted by Crippen LogP contribution is 2.31. The Balaban J connectivity index is 1.72. The first-order chi connectivity index (χ1) is 13.1. The van der Waals surface area contributed by atoms with Gasteiger partial charge < -0.3 is 24.3 Å². The zero-order chi connectivity index (χ0) is 19.2. The van der Waals surface area contributed by atoms with Crippen LogP contribution in [0.5, 0.6) is 11.5 Å². The molecule has 6 heteroatoms. The maximum Gasteiger partial charge on any atom is 0.262 e. The molecule has 6 nitrogen and oxygen atoms in total. The lowest BCUT2D eigenvalue weighted by molar-refractivity contribution is -0.118. The average molecular weight is 367 g/mol. The standard InChI is InChI=1S/C21H21NO5/c1-14-4-3-5-16(10-14)26-13-21(24)22-18-11-15(6-8-20(18)25-2)19-9-7-17(12-23)27-19/h3-11,23H,12-13H2,1-2H3,(H,22,24). The molecule has 0 radical (unpaired) electrons. The van der Waals surface area contributed by atoms with E-state index in [-0.39, 0.29) is 19.1 Å². The summed E-state index contributed by atoms with van der Waals surface area (Å²) in [4.78, 5) is 12.3. The van der Waals surface area contributed by atoms with Crippen LogP contribution in [0.15, 0.2) is 59.0 Å². The van der Waals surface area contributed by atoms with E-state index >= 15 is 0 Å². The van der Waals surface area contributed by atoms with Crippen LogP contribution in [0.25, 0.3) is 11.3 Å². The molecule has 0 atom stereocenters. The fourth-order valence-electron chi connectivity index (χ4n) is 2.62. The number of ether oxygens (including phenoxy) is 2. The second kappa shape index (κ2) is 8.42. The minimum absolute atomic E-state index is 0.119. The van der Waals surface area contributed by atoms with Gasteiger partial charge in [0.05, 0.1) is 12.8 Å². The summed E-state index contributed by atoms with van der Waals surface area (Å²) in [6, 6.07) is 16.3. The number of methoxy groups -OCH3 is 1. The molecule has 140 valence electrons. The predicted octanol–water partition coefficient (Wildman–Crippen LogP) is 3.77. The van der Waals surface area contributed by atoms with Gasteiger partial charge in [-0.05, 0) is 55.0 Å². The van der Waals surface area contributed by atoms with E-state index in [9.17, 15) is 4.79 Å². The van der Waals surface area contributed by atoms with Gasteiger partial charge in [0.15, 0.2) is 6.61 Å². The van der Waals surface area contributed by atoms with Crippen molar-refractivity contribution in [3.63, 3.8) is 0 Å². The Morgan fingerprint density at radius 2 is 2.00 bits per heavy atom. The molecule has 2 aromatic carbocycles. The summed E-state index contributed by atoms with van der Waals surface area (Å²) >= 11 is 0. The quantitative estimate of drug-likeness (QED) is 0.664. The van der Waals surface area contributed by atoms with E-state index in [0.717, 1.165) is 11.1 Å². The number of aryl methyl sites for hydroxylation is 1. The molecule has 1 aromatic heterocycles. The molecule has 1 heterocycles. The zero-order valence-corrected chi connectivity index (χ0v) is 15.2. The number of aliphatic hydroxyl groups excluding tert-OH is 1. The molecule has 27 heavy (non-hydrogen) atoms. The number of carbonyl (C=O) groups is 1. The van der Waals surface area contributed by atoms with Crippen molar-refractivity contribution in [2.24, 2.45) is 0 Å². The van der Waals surface area contributed by atoms with Gasteiger partial charge in [0.1, 0.15) is 29.6 Å². The molecule has 0 aliphatic heterocycles. The van der Waals surface area contributed by atoms with E-state index in [2.05, 4.69) is 5.32 Å². The van der Waals surface area contributed by atoms with Crippen molar-refractivity contribution in [1.82, 2.24) is 0 Å². The molecule has 1 amide bonds. The largest absolute Gasteiger partial charge is 0.495 e. The smallest absolute Gasteiger partial charge is 0.262 e. The third kappa shape index (κ3) is 4.68. The maximum absolute atomic E-state index is 12.3. The van der Waals surface area contributed by atoms with Gasteiger partial charge in [-0.1, -0.05) is 12.1 Å². The number of benzene rings is 2. The topological polar surface area (TPSA) is 80.9 Å². The molecule has 0 aliphatic rings. The second-order valence-electron chi connectivity index (χ2n) is 5.99. The first-order valence-corrected chi connectivity index (χ1v) is 8.46. The summed E-state index contributed by atoms with van der Waals surface area (Å²) in [6.07, 6.45) is 0. The van der Waals surface area contributed by atoms with Crippen molar-refractivity contribution in [1.29, 1.82) is 0 Å². The molecule has 0 bridgehead atoms. The Bertz CT molecular complexity index is 932. The highest BCUT2D eigenvalue weighted by Gasteiger charge is 2.12. The highest BCUT2D eigenvalue weighted by atomic mass is 16.5. The lowest BCUT2D eigenvalue weighted by atomic mass is 10.1. The van der Waals surface area contributed by atoms with E-state index in [1.165, 1.54) is 7.11 Å². The van der Waals surface area contributed by atoms with Crippen molar-refractivity contribution in [3.8, 4) is 22.8 Å². The van der Waals surface area contributed by atoms with E-state index in [1.54, 1.807) is 30.3 Å². The monoisotopic (exact) mass is 367 g/mol.